The molecule has 90 valence electrons. The highest BCUT2D eigenvalue weighted by molar-refractivity contribution is 5.61. The zero-order chi connectivity index (χ0) is 11.9. The third-order valence-corrected chi connectivity index (χ3v) is 4.42. The lowest BCUT2D eigenvalue weighted by Gasteiger charge is -2.43. The zero-order valence-electron chi connectivity index (χ0n) is 10.9. The fourth-order valence-electron chi connectivity index (χ4n) is 3.36. The van der Waals surface area contributed by atoms with Crippen molar-refractivity contribution in [3.05, 3.63) is 41.5 Å². The maximum absolute atomic E-state index is 2.48. The molecule has 17 heavy (non-hydrogen) atoms. The van der Waals surface area contributed by atoms with E-state index in [1.54, 1.807) is 5.56 Å². The summed E-state index contributed by atoms with van der Waals surface area (Å²) in [6, 6.07) is 6.97. The van der Waals surface area contributed by atoms with Gasteiger partial charge in [0.05, 0.1) is 0 Å². The minimum atomic E-state index is 0.341. The Kier molecular flexibility index (Phi) is 2.50. The lowest BCUT2D eigenvalue weighted by atomic mass is 9.68. The van der Waals surface area contributed by atoms with Crippen LogP contribution >= 0.6 is 0 Å². The van der Waals surface area contributed by atoms with Gasteiger partial charge in [-0.3, -0.25) is 0 Å². The first-order valence-corrected chi connectivity index (χ1v) is 6.71. The molecule has 1 spiro atoms. The van der Waals surface area contributed by atoms with Crippen LogP contribution in [0, 0.1) is 6.92 Å². The second kappa shape index (κ2) is 3.90. The molecule has 0 radical (unpaired) electrons. The highest BCUT2D eigenvalue weighted by Crippen LogP contribution is 2.45. The van der Waals surface area contributed by atoms with Crippen molar-refractivity contribution in [1.82, 2.24) is 0 Å². The summed E-state index contributed by atoms with van der Waals surface area (Å²) in [5.41, 5.74) is 4.70. The SMILES string of the molecule is Cc1ccc2c(c1)N(C)CCC21C=CCCC1. The van der Waals surface area contributed by atoms with E-state index < -0.39 is 0 Å². The number of fused-ring (bicyclic) bond motifs is 2. The molecule has 1 aliphatic heterocycles. The summed E-state index contributed by atoms with van der Waals surface area (Å²) in [6.45, 7) is 3.37. The molecule has 0 saturated heterocycles. The van der Waals surface area contributed by atoms with Gasteiger partial charge >= 0.3 is 0 Å². The van der Waals surface area contributed by atoms with Gasteiger partial charge in [0.15, 0.2) is 0 Å². The predicted molar refractivity (Wildman–Crippen MR) is 73.7 cm³/mol. The molecule has 0 aromatic heterocycles. The number of hydrogen-bond acceptors (Lipinski definition) is 1. The Morgan fingerprint density at radius 2 is 2.12 bits per heavy atom. The summed E-state index contributed by atoms with van der Waals surface area (Å²) in [7, 11) is 2.22. The van der Waals surface area contributed by atoms with Crippen molar-refractivity contribution in [2.75, 3.05) is 18.5 Å². The second-order valence-electron chi connectivity index (χ2n) is 5.64. The van der Waals surface area contributed by atoms with Crippen LogP contribution in [0.2, 0.25) is 0 Å². The Balaban J connectivity index is 2.15. The topological polar surface area (TPSA) is 3.24 Å². The van der Waals surface area contributed by atoms with Crippen LogP contribution < -0.4 is 4.90 Å². The van der Waals surface area contributed by atoms with Crippen molar-refractivity contribution in [3.8, 4) is 0 Å². The number of allylic oxidation sites excluding steroid dienone is 2. The van der Waals surface area contributed by atoms with Gasteiger partial charge in [0.1, 0.15) is 0 Å². The summed E-state index contributed by atoms with van der Waals surface area (Å²) >= 11 is 0. The maximum atomic E-state index is 2.48. The molecule has 1 unspecified atom stereocenters. The summed E-state index contributed by atoms with van der Waals surface area (Å²) in [5.74, 6) is 0. The molecular weight excluding hydrogens is 206 g/mol. The molecule has 2 aliphatic rings. The van der Waals surface area contributed by atoms with Crippen LogP contribution in [0.4, 0.5) is 5.69 Å². The van der Waals surface area contributed by atoms with Crippen LogP contribution in [0.15, 0.2) is 30.4 Å². The van der Waals surface area contributed by atoms with Crippen LogP contribution in [-0.4, -0.2) is 13.6 Å². The van der Waals surface area contributed by atoms with Crippen LogP contribution in [0.5, 0.6) is 0 Å². The van der Waals surface area contributed by atoms with Crippen LogP contribution in [0.25, 0.3) is 0 Å². The summed E-state index contributed by atoms with van der Waals surface area (Å²) < 4.78 is 0. The molecule has 0 fully saturated rings. The van der Waals surface area contributed by atoms with Crippen molar-refractivity contribution in [1.29, 1.82) is 0 Å². The van der Waals surface area contributed by atoms with E-state index in [1.807, 2.05) is 0 Å². The largest absolute Gasteiger partial charge is 0.374 e. The Labute approximate surface area is 104 Å². The lowest BCUT2D eigenvalue weighted by Crippen LogP contribution is -2.38. The normalized spacial score (nSPS) is 27.3. The Morgan fingerprint density at radius 3 is 2.88 bits per heavy atom. The van der Waals surface area contributed by atoms with Crippen LogP contribution in [0.3, 0.4) is 0 Å². The van der Waals surface area contributed by atoms with Gasteiger partial charge in [-0.05, 0) is 49.8 Å². The first kappa shape index (κ1) is 10.9. The van der Waals surface area contributed by atoms with Crippen molar-refractivity contribution in [2.24, 2.45) is 0 Å². The molecule has 1 aromatic rings. The van der Waals surface area contributed by atoms with E-state index in [2.05, 4.69) is 49.2 Å². The van der Waals surface area contributed by atoms with E-state index in [0.717, 1.165) is 0 Å². The molecular formula is C16H21N. The fourth-order valence-corrected chi connectivity index (χ4v) is 3.36. The molecule has 3 rings (SSSR count). The lowest BCUT2D eigenvalue weighted by molar-refractivity contribution is 0.411. The van der Waals surface area contributed by atoms with Crippen LogP contribution in [0.1, 0.15) is 36.8 Å². The number of rotatable bonds is 0. The van der Waals surface area contributed by atoms with Gasteiger partial charge < -0.3 is 4.90 Å². The molecule has 0 N–H and O–H groups in total. The van der Waals surface area contributed by atoms with Crippen LogP contribution in [-0.2, 0) is 5.41 Å². The number of hydrogen-bond donors (Lipinski definition) is 0. The molecule has 0 bridgehead atoms. The number of aryl methyl sites for hydroxylation is 1. The minimum absolute atomic E-state index is 0.341. The zero-order valence-corrected chi connectivity index (χ0v) is 10.9. The highest BCUT2D eigenvalue weighted by Gasteiger charge is 2.36. The monoisotopic (exact) mass is 227 g/mol. The van der Waals surface area contributed by atoms with Crippen molar-refractivity contribution >= 4 is 5.69 Å². The van der Waals surface area contributed by atoms with Gasteiger partial charge in [-0.25, -0.2) is 0 Å². The van der Waals surface area contributed by atoms with Gasteiger partial charge in [0.2, 0.25) is 0 Å². The average Bonchev–Trinajstić information content (AvgIpc) is 2.36. The quantitative estimate of drug-likeness (QED) is 0.609. The smallest absolute Gasteiger partial charge is 0.0407 e. The third-order valence-electron chi connectivity index (χ3n) is 4.42. The standard InChI is InChI=1S/C16H21N/c1-13-6-7-14-15(12-13)17(2)11-10-16(14)8-4-3-5-9-16/h4,6-8,12H,3,5,9-11H2,1-2H3. The third kappa shape index (κ3) is 1.69. The molecule has 1 atom stereocenters. The van der Waals surface area contributed by atoms with Crippen molar-refractivity contribution < 1.29 is 0 Å². The summed E-state index contributed by atoms with van der Waals surface area (Å²) in [5, 5.41) is 0. The molecule has 1 nitrogen and oxygen atoms in total. The average molecular weight is 227 g/mol. The van der Waals surface area contributed by atoms with Gasteiger partial charge in [-0.2, -0.15) is 0 Å². The molecule has 0 saturated carbocycles. The van der Waals surface area contributed by atoms with E-state index in [-0.39, 0.29) is 0 Å². The summed E-state index contributed by atoms with van der Waals surface area (Å²) in [6.07, 6.45) is 10.1. The van der Waals surface area contributed by atoms with Gasteiger partial charge in [0.25, 0.3) is 0 Å². The van der Waals surface area contributed by atoms with E-state index in [4.69, 9.17) is 0 Å². The number of anilines is 1. The Morgan fingerprint density at radius 1 is 1.24 bits per heavy atom. The maximum Gasteiger partial charge on any atom is 0.0407 e. The number of benzene rings is 1. The van der Waals surface area contributed by atoms with Gasteiger partial charge in [-0.15, -0.1) is 0 Å². The van der Waals surface area contributed by atoms with E-state index in [1.165, 1.54) is 43.5 Å². The number of nitrogens with zero attached hydrogens (tertiary/aromatic N) is 1. The minimum Gasteiger partial charge on any atom is -0.374 e. The van der Waals surface area contributed by atoms with E-state index in [9.17, 15) is 0 Å². The first-order valence-electron chi connectivity index (χ1n) is 6.71. The Hall–Kier alpha value is -1.24. The second-order valence-corrected chi connectivity index (χ2v) is 5.64. The molecule has 0 amide bonds. The first-order chi connectivity index (χ1) is 8.21. The van der Waals surface area contributed by atoms with Gasteiger partial charge in [-0.1, -0.05) is 24.3 Å². The molecule has 1 heterocycles. The molecule has 1 aliphatic carbocycles. The van der Waals surface area contributed by atoms with Gasteiger partial charge in [0, 0.05) is 24.7 Å². The fraction of sp³-hybridized carbons (Fsp3) is 0.500. The summed E-state index contributed by atoms with van der Waals surface area (Å²) in [4.78, 5) is 2.41. The van der Waals surface area contributed by atoms with E-state index >= 15 is 0 Å². The Bertz CT molecular complexity index is 461. The highest BCUT2D eigenvalue weighted by atomic mass is 15.1. The van der Waals surface area contributed by atoms with E-state index in [0.29, 0.717) is 5.41 Å². The predicted octanol–water partition coefficient (Wildman–Crippen LogP) is 3.81. The van der Waals surface area contributed by atoms with Crippen molar-refractivity contribution in [2.45, 2.75) is 38.0 Å². The molecule has 1 heteroatoms. The van der Waals surface area contributed by atoms with Crippen molar-refractivity contribution in [3.63, 3.8) is 0 Å². The molecule has 1 aromatic carbocycles.